The number of nitrogens with zero attached hydrogens (tertiary/aromatic N) is 3. The number of halogens is 3. The summed E-state index contributed by atoms with van der Waals surface area (Å²) in [5.41, 5.74) is 2.12. The fourth-order valence-electron chi connectivity index (χ4n) is 5.77. The summed E-state index contributed by atoms with van der Waals surface area (Å²) in [5, 5.41) is 5.60. The van der Waals surface area contributed by atoms with Crippen LogP contribution in [0.2, 0.25) is 0 Å². The molecule has 1 aliphatic heterocycles. The Labute approximate surface area is 246 Å². The number of carbonyl (C=O) groups is 1. The molecule has 0 bridgehead atoms. The lowest BCUT2D eigenvalue weighted by Crippen LogP contribution is -2.21. The average molecular weight is 620 g/mol. The highest BCUT2D eigenvalue weighted by atomic mass is 31.2. The monoisotopic (exact) mass is 619 g/mol. The van der Waals surface area contributed by atoms with Crippen LogP contribution in [0.3, 0.4) is 0 Å². The van der Waals surface area contributed by atoms with Crippen LogP contribution in [0.15, 0.2) is 42.6 Å². The maximum Gasteiger partial charge on any atom is 0.421 e. The molecular weight excluding hydrogens is 586 g/mol. The summed E-state index contributed by atoms with van der Waals surface area (Å²) in [6.45, 7) is 3.00. The van der Waals surface area contributed by atoms with Crippen molar-refractivity contribution in [2.24, 2.45) is 0 Å². The molecular formula is C29H33F3N5O5P. The lowest BCUT2D eigenvalue weighted by molar-refractivity contribution is -0.137. The van der Waals surface area contributed by atoms with E-state index in [2.05, 4.69) is 20.6 Å². The molecule has 2 aliphatic rings. The first-order valence-electron chi connectivity index (χ1n) is 14.0. The van der Waals surface area contributed by atoms with Crippen molar-refractivity contribution in [2.75, 3.05) is 24.3 Å². The number of hydrogen-bond donors (Lipinski definition) is 4. The summed E-state index contributed by atoms with van der Waals surface area (Å²) in [4.78, 5) is 41.0. The van der Waals surface area contributed by atoms with Crippen molar-refractivity contribution in [1.82, 2.24) is 14.9 Å². The van der Waals surface area contributed by atoms with Gasteiger partial charge in [-0.2, -0.15) is 18.2 Å². The molecule has 1 amide bonds. The third-order valence-corrected chi connectivity index (χ3v) is 8.54. The normalized spacial score (nSPS) is 19.0. The van der Waals surface area contributed by atoms with Gasteiger partial charge in [0.25, 0.3) is 5.91 Å². The molecule has 0 saturated heterocycles. The zero-order chi connectivity index (χ0) is 30.9. The fraction of sp³-hybridized carbons (Fsp3) is 0.414. The number of anilines is 4. The molecule has 1 aromatic heterocycles. The van der Waals surface area contributed by atoms with Crippen LogP contribution in [-0.2, 0) is 28.2 Å². The first kappa shape index (κ1) is 30.9. The Hall–Kier alpha value is -3.51. The van der Waals surface area contributed by atoms with Crippen molar-refractivity contribution >= 4 is 36.6 Å². The molecule has 1 aliphatic carbocycles. The second kappa shape index (κ2) is 12.2. The second-order valence-electron chi connectivity index (χ2n) is 10.9. The number of aromatic nitrogens is 2. The Morgan fingerprint density at radius 2 is 1.77 bits per heavy atom. The highest BCUT2D eigenvalue weighted by Gasteiger charge is 2.37. The average Bonchev–Trinajstić information content (AvgIpc) is 3.23. The molecule has 10 nitrogen and oxygen atoms in total. The van der Waals surface area contributed by atoms with Gasteiger partial charge in [-0.15, -0.1) is 0 Å². The molecule has 4 N–H and O–H groups in total. The first-order valence-corrected chi connectivity index (χ1v) is 15.8. The number of amides is 1. The summed E-state index contributed by atoms with van der Waals surface area (Å²) < 4.78 is 59.0. The maximum atomic E-state index is 14.0. The van der Waals surface area contributed by atoms with E-state index in [-0.39, 0.29) is 29.6 Å². The quantitative estimate of drug-likeness (QED) is 0.203. The van der Waals surface area contributed by atoms with E-state index in [0.29, 0.717) is 36.2 Å². The summed E-state index contributed by atoms with van der Waals surface area (Å²) in [5.74, 6) is -0.704. The van der Waals surface area contributed by atoms with Gasteiger partial charge < -0.3 is 30.1 Å². The van der Waals surface area contributed by atoms with Gasteiger partial charge in [0.2, 0.25) is 5.95 Å². The number of rotatable bonds is 9. The number of alkyl halides is 3. The number of fused-ring (bicyclic) bond motifs is 1. The molecule has 230 valence electrons. The smallest absolute Gasteiger partial charge is 0.379 e. The molecule has 1 fully saturated rings. The highest BCUT2D eigenvalue weighted by molar-refractivity contribution is 7.50. The van der Waals surface area contributed by atoms with E-state index in [4.69, 9.17) is 14.5 Å². The topological polar surface area (TPSA) is 137 Å². The van der Waals surface area contributed by atoms with Crippen LogP contribution < -0.4 is 10.6 Å². The summed E-state index contributed by atoms with van der Waals surface area (Å²) in [7, 11) is -2.59. The van der Waals surface area contributed by atoms with E-state index < -0.39 is 31.3 Å². The van der Waals surface area contributed by atoms with Gasteiger partial charge in [0.1, 0.15) is 11.4 Å². The molecule has 0 spiro atoms. The van der Waals surface area contributed by atoms with Crippen LogP contribution >= 0.6 is 7.60 Å². The lowest BCUT2D eigenvalue weighted by atomic mass is 9.80. The van der Waals surface area contributed by atoms with Gasteiger partial charge in [-0.25, -0.2) is 4.98 Å². The number of benzene rings is 2. The largest absolute Gasteiger partial charge is 0.421 e. The van der Waals surface area contributed by atoms with Gasteiger partial charge in [0, 0.05) is 32.1 Å². The van der Waals surface area contributed by atoms with Crippen LogP contribution in [0, 0.1) is 0 Å². The Morgan fingerprint density at radius 1 is 1.07 bits per heavy atom. The molecule has 5 rings (SSSR count). The van der Waals surface area contributed by atoms with Gasteiger partial charge in [0.15, 0.2) is 0 Å². The summed E-state index contributed by atoms with van der Waals surface area (Å²) >= 11 is 0. The Morgan fingerprint density at radius 3 is 2.40 bits per heavy atom. The maximum absolute atomic E-state index is 14.0. The van der Waals surface area contributed by atoms with Gasteiger partial charge in [-0.3, -0.25) is 9.36 Å². The molecule has 2 aromatic carbocycles. The molecule has 2 heterocycles. The Balaban J connectivity index is 1.44. The van der Waals surface area contributed by atoms with E-state index in [9.17, 15) is 22.5 Å². The molecule has 0 radical (unpaired) electrons. The molecule has 3 aromatic rings. The zero-order valence-electron chi connectivity index (χ0n) is 23.7. The molecule has 0 unspecified atom stereocenters. The molecule has 14 heteroatoms. The summed E-state index contributed by atoms with van der Waals surface area (Å²) in [6.07, 6.45) is -0.692. The van der Waals surface area contributed by atoms with Crippen LogP contribution in [0.1, 0.15) is 71.1 Å². The van der Waals surface area contributed by atoms with E-state index in [1.165, 1.54) is 24.3 Å². The van der Waals surface area contributed by atoms with Crippen LogP contribution in [-0.4, -0.2) is 50.3 Å². The fourth-order valence-corrected chi connectivity index (χ4v) is 6.46. The Bertz CT molecular complexity index is 1540. The van der Waals surface area contributed by atoms with Crippen LogP contribution in [0.25, 0.3) is 0 Å². The standard InChI is InChI=1S/C29H33F3N5O5P/c1-3-42-20-10-6-18(7-11-20)21-12-13-24(25-22(21)15-37(2)27(25)38)35-26-23(29(30,31)32)14-33-28(36-26)34-19-8-4-17(5-9-19)16-43(39,40)41/h4-5,8-9,12-14,18,20H,3,6-7,10-11,15-16H2,1-2H3,(H2,39,40,41)(H2,33,34,35,36)/t18-,20+. The minimum Gasteiger partial charge on any atom is -0.379 e. The molecule has 1 saturated carbocycles. The zero-order valence-corrected chi connectivity index (χ0v) is 24.6. The second-order valence-corrected chi connectivity index (χ2v) is 12.5. The van der Waals surface area contributed by atoms with Gasteiger partial charge in [-0.05, 0) is 73.4 Å². The van der Waals surface area contributed by atoms with Gasteiger partial charge in [0.05, 0.1) is 23.5 Å². The first-order chi connectivity index (χ1) is 20.3. The molecule has 0 atom stereocenters. The number of nitrogens with one attached hydrogen (secondary N) is 2. The van der Waals surface area contributed by atoms with E-state index in [1.54, 1.807) is 18.0 Å². The van der Waals surface area contributed by atoms with Crippen molar-refractivity contribution in [2.45, 2.75) is 63.5 Å². The SMILES string of the molecule is CCO[C@H]1CC[C@@H](c2ccc(Nc3nc(Nc4ccc(CP(=O)(O)O)cc4)ncc3C(F)(F)F)c3c2CN(C)C3=O)CC1. The molecule has 43 heavy (non-hydrogen) atoms. The van der Waals surface area contributed by atoms with Gasteiger partial charge >= 0.3 is 13.8 Å². The van der Waals surface area contributed by atoms with E-state index >= 15 is 0 Å². The van der Waals surface area contributed by atoms with Crippen LogP contribution in [0.5, 0.6) is 0 Å². The van der Waals surface area contributed by atoms with Crippen LogP contribution in [0.4, 0.5) is 36.3 Å². The lowest BCUT2D eigenvalue weighted by Gasteiger charge is -2.30. The third-order valence-electron chi connectivity index (χ3n) is 7.77. The van der Waals surface area contributed by atoms with Crippen molar-refractivity contribution in [1.29, 1.82) is 0 Å². The van der Waals surface area contributed by atoms with Crippen molar-refractivity contribution in [3.63, 3.8) is 0 Å². The number of carbonyl (C=O) groups excluding carboxylic acids is 1. The Kier molecular flexibility index (Phi) is 8.80. The van der Waals surface area contributed by atoms with E-state index in [0.717, 1.165) is 36.8 Å². The minimum absolute atomic E-state index is 0.138. The van der Waals surface area contributed by atoms with Gasteiger partial charge in [-0.1, -0.05) is 18.2 Å². The number of hydrogen-bond acceptors (Lipinski definition) is 7. The predicted octanol–water partition coefficient (Wildman–Crippen LogP) is 6.31. The summed E-state index contributed by atoms with van der Waals surface area (Å²) in [6, 6.07) is 9.55. The predicted molar refractivity (Wildman–Crippen MR) is 155 cm³/mol. The van der Waals surface area contributed by atoms with Crippen molar-refractivity contribution < 1.29 is 37.1 Å². The van der Waals surface area contributed by atoms with Crippen molar-refractivity contribution in [3.8, 4) is 0 Å². The minimum atomic E-state index is -4.77. The van der Waals surface area contributed by atoms with Crippen molar-refractivity contribution in [3.05, 3.63) is 70.4 Å². The van der Waals surface area contributed by atoms with E-state index in [1.807, 2.05) is 13.0 Å². The highest BCUT2D eigenvalue weighted by Crippen LogP contribution is 2.43. The third kappa shape index (κ3) is 7.18. The number of ether oxygens (including phenoxy) is 1.